The van der Waals surface area contributed by atoms with E-state index in [0.29, 0.717) is 6.04 Å². The monoisotopic (exact) mass is 284 g/mol. The van der Waals surface area contributed by atoms with E-state index in [2.05, 4.69) is 47.4 Å². The second-order valence-corrected chi connectivity index (χ2v) is 5.96. The van der Waals surface area contributed by atoms with Crippen LogP contribution in [-0.4, -0.2) is 16.2 Å². The lowest BCUT2D eigenvalue weighted by Crippen LogP contribution is -2.22. The molecule has 0 bridgehead atoms. The summed E-state index contributed by atoms with van der Waals surface area (Å²) in [7, 11) is 0. The molecule has 1 aromatic carbocycles. The molecule has 2 aromatic rings. The van der Waals surface area contributed by atoms with Crippen molar-refractivity contribution in [2.24, 2.45) is 5.92 Å². The summed E-state index contributed by atoms with van der Waals surface area (Å²) in [5.74, 6) is 0.824. The molecule has 1 aliphatic carbocycles. The molecule has 1 atom stereocenters. The first kappa shape index (κ1) is 14.4. The molecule has 0 saturated heterocycles. The lowest BCUT2D eigenvalue weighted by Gasteiger charge is -2.15. The van der Waals surface area contributed by atoms with E-state index in [1.165, 1.54) is 24.0 Å². The van der Waals surface area contributed by atoms with Crippen LogP contribution in [0.3, 0.4) is 0 Å². The lowest BCUT2D eigenvalue weighted by atomic mass is 10.1. The first-order chi connectivity index (χ1) is 10.3. The predicted octanol–water partition coefficient (Wildman–Crippen LogP) is 3.09. The van der Waals surface area contributed by atoms with Gasteiger partial charge in [-0.1, -0.05) is 31.2 Å². The zero-order valence-electron chi connectivity index (χ0n) is 12.6. The van der Waals surface area contributed by atoms with Crippen molar-refractivity contribution in [3.05, 3.63) is 59.4 Å². The zero-order chi connectivity index (χ0) is 14.7. The molecule has 0 spiro atoms. The van der Waals surface area contributed by atoms with E-state index < -0.39 is 0 Å². The van der Waals surface area contributed by atoms with Crippen molar-refractivity contribution >= 4 is 0 Å². The number of hydrogen-bond acceptors (Lipinski definition) is 2. The van der Waals surface area contributed by atoms with E-state index >= 15 is 0 Å². The molecule has 1 heterocycles. The number of nitrogens with zero attached hydrogens (tertiary/aromatic N) is 1. The highest BCUT2D eigenvalue weighted by Gasteiger charge is 2.31. The summed E-state index contributed by atoms with van der Waals surface area (Å²) in [6.45, 7) is 4.19. The summed E-state index contributed by atoms with van der Waals surface area (Å²) in [5.41, 5.74) is 3.64. The van der Waals surface area contributed by atoms with Crippen molar-refractivity contribution in [1.82, 2.24) is 9.88 Å². The SMILES string of the molecule is CCNC(c1ccn(Cc2ccc(CO)cc2)c1)C1CC1. The van der Waals surface area contributed by atoms with Gasteiger partial charge in [-0.15, -0.1) is 0 Å². The van der Waals surface area contributed by atoms with Crippen molar-refractivity contribution in [3.63, 3.8) is 0 Å². The highest BCUT2D eigenvalue weighted by molar-refractivity contribution is 5.24. The fourth-order valence-electron chi connectivity index (χ4n) is 2.91. The van der Waals surface area contributed by atoms with Gasteiger partial charge < -0.3 is 15.0 Å². The maximum Gasteiger partial charge on any atom is 0.0681 e. The number of aliphatic hydroxyl groups excluding tert-OH is 1. The smallest absolute Gasteiger partial charge is 0.0681 e. The standard InChI is InChI=1S/C18H24N2O/c1-2-19-18(16-7-8-16)17-9-10-20(12-17)11-14-3-5-15(13-21)6-4-14/h3-6,9-10,12,16,18-19,21H,2,7-8,11,13H2,1H3. The molecule has 1 aliphatic rings. The van der Waals surface area contributed by atoms with Crippen LogP contribution in [0.2, 0.25) is 0 Å². The summed E-state index contributed by atoms with van der Waals surface area (Å²) in [5, 5.41) is 12.7. The van der Waals surface area contributed by atoms with Crippen LogP contribution in [0.1, 0.15) is 42.5 Å². The van der Waals surface area contributed by atoms with Crippen LogP contribution >= 0.6 is 0 Å². The molecular formula is C18H24N2O. The van der Waals surface area contributed by atoms with Crippen molar-refractivity contribution in [3.8, 4) is 0 Å². The Kier molecular flexibility index (Phi) is 4.42. The van der Waals surface area contributed by atoms with E-state index in [0.717, 1.165) is 24.6 Å². The summed E-state index contributed by atoms with van der Waals surface area (Å²) in [6.07, 6.45) is 7.14. The van der Waals surface area contributed by atoms with Gasteiger partial charge in [-0.2, -0.15) is 0 Å². The topological polar surface area (TPSA) is 37.2 Å². The maximum absolute atomic E-state index is 9.08. The van der Waals surface area contributed by atoms with Crippen LogP contribution in [0.25, 0.3) is 0 Å². The molecule has 0 amide bonds. The van der Waals surface area contributed by atoms with Crippen molar-refractivity contribution in [2.45, 2.75) is 39.0 Å². The van der Waals surface area contributed by atoms with Crippen LogP contribution < -0.4 is 5.32 Å². The second kappa shape index (κ2) is 6.46. The Morgan fingerprint density at radius 1 is 1.19 bits per heavy atom. The molecule has 1 fully saturated rings. The number of nitrogens with one attached hydrogen (secondary N) is 1. The van der Waals surface area contributed by atoms with Gasteiger partial charge in [-0.25, -0.2) is 0 Å². The fraction of sp³-hybridized carbons (Fsp3) is 0.444. The Labute approximate surface area is 126 Å². The number of hydrogen-bond donors (Lipinski definition) is 2. The number of aromatic nitrogens is 1. The van der Waals surface area contributed by atoms with Gasteiger partial charge in [0.25, 0.3) is 0 Å². The van der Waals surface area contributed by atoms with Crippen LogP contribution in [0.15, 0.2) is 42.7 Å². The Balaban J connectivity index is 1.68. The Morgan fingerprint density at radius 3 is 2.52 bits per heavy atom. The lowest BCUT2D eigenvalue weighted by molar-refractivity contribution is 0.282. The largest absolute Gasteiger partial charge is 0.392 e. The zero-order valence-corrected chi connectivity index (χ0v) is 12.6. The second-order valence-electron chi connectivity index (χ2n) is 5.96. The normalized spacial score (nSPS) is 16.1. The minimum atomic E-state index is 0.111. The average Bonchev–Trinajstić information content (AvgIpc) is 3.25. The molecule has 1 unspecified atom stereocenters. The summed E-state index contributed by atoms with van der Waals surface area (Å²) in [4.78, 5) is 0. The maximum atomic E-state index is 9.08. The van der Waals surface area contributed by atoms with Crippen LogP contribution in [0, 0.1) is 5.92 Å². The number of aliphatic hydroxyl groups is 1. The highest BCUT2D eigenvalue weighted by atomic mass is 16.3. The minimum absolute atomic E-state index is 0.111. The predicted molar refractivity (Wildman–Crippen MR) is 85.0 cm³/mol. The highest BCUT2D eigenvalue weighted by Crippen LogP contribution is 2.41. The summed E-state index contributed by atoms with van der Waals surface area (Å²) >= 11 is 0. The molecule has 0 aliphatic heterocycles. The van der Waals surface area contributed by atoms with E-state index in [9.17, 15) is 0 Å². The van der Waals surface area contributed by atoms with Gasteiger partial charge in [0.05, 0.1) is 6.61 Å². The van der Waals surface area contributed by atoms with E-state index in [1.807, 2.05) is 12.1 Å². The summed E-state index contributed by atoms with van der Waals surface area (Å²) < 4.78 is 2.25. The average molecular weight is 284 g/mol. The fourth-order valence-corrected chi connectivity index (χ4v) is 2.91. The third-order valence-corrected chi connectivity index (χ3v) is 4.22. The Hall–Kier alpha value is -1.58. The first-order valence-electron chi connectivity index (χ1n) is 7.88. The molecule has 21 heavy (non-hydrogen) atoms. The number of benzene rings is 1. The van der Waals surface area contributed by atoms with Gasteiger partial charge in [0.2, 0.25) is 0 Å². The Bertz CT molecular complexity index is 569. The third-order valence-electron chi connectivity index (χ3n) is 4.22. The van der Waals surface area contributed by atoms with Crippen molar-refractivity contribution < 1.29 is 5.11 Å². The molecule has 112 valence electrons. The molecule has 3 heteroatoms. The van der Waals surface area contributed by atoms with Gasteiger partial charge in [0.15, 0.2) is 0 Å². The van der Waals surface area contributed by atoms with Gasteiger partial charge in [0, 0.05) is 25.0 Å². The first-order valence-corrected chi connectivity index (χ1v) is 7.88. The van der Waals surface area contributed by atoms with Gasteiger partial charge in [-0.3, -0.25) is 0 Å². The van der Waals surface area contributed by atoms with Gasteiger partial charge in [-0.05, 0) is 48.1 Å². The molecule has 3 nitrogen and oxygen atoms in total. The Morgan fingerprint density at radius 2 is 1.90 bits per heavy atom. The van der Waals surface area contributed by atoms with E-state index in [-0.39, 0.29) is 6.61 Å². The molecule has 0 radical (unpaired) electrons. The van der Waals surface area contributed by atoms with Gasteiger partial charge >= 0.3 is 0 Å². The molecule has 1 saturated carbocycles. The van der Waals surface area contributed by atoms with E-state index in [4.69, 9.17) is 5.11 Å². The molecule has 1 aromatic heterocycles. The molecular weight excluding hydrogens is 260 g/mol. The van der Waals surface area contributed by atoms with Crippen molar-refractivity contribution in [2.75, 3.05) is 6.54 Å². The van der Waals surface area contributed by atoms with E-state index in [1.54, 1.807) is 0 Å². The van der Waals surface area contributed by atoms with Crippen LogP contribution in [-0.2, 0) is 13.2 Å². The van der Waals surface area contributed by atoms with Gasteiger partial charge in [0.1, 0.15) is 0 Å². The minimum Gasteiger partial charge on any atom is -0.392 e. The third kappa shape index (κ3) is 3.55. The quantitative estimate of drug-likeness (QED) is 0.820. The molecule has 2 N–H and O–H groups in total. The van der Waals surface area contributed by atoms with Crippen molar-refractivity contribution in [1.29, 1.82) is 0 Å². The van der Waals surface area contributed by atoms with Crippen LogP contribution in [0.4, 0.5) is 0 Å². The number of rotatable bonds is 7. The molecule has 3 rings (SSSR count). The summed E-state index contributed by atoms with van der Waals surface area (Å²) in [6, 6.07) is 10.9. The van der Waals surface area contributed by atoms with Crippen LogP contribution in [0.5, 0.6) is 0 Å².